The van der Waals surface area contributed by atoms with Crippen LogP contribution in [0.4, 0.5) is 16.2 Å². The molecule has 0 saturated carbocycles. The van der Waals surface area contributed by atoms with Crippen molar-refractivity contribution in [2.75, 3.05) is 10.6 Å². The zero-order valence-corrected chi connectivity index (χ0v) is 11.8. The highest BCUT2D eigenvalue weighted by Gasteiger charge is 2.09. The SMILES string of the molecule is Cc1cccc(C)c1NC(=O)Nc1cccc(C(=O)O)c1. The highest BCUT2D eigenvalue weighted by molar-refractivity contribution is 6.01. The van der Waals surface area contributed by atoms with Gasteiger partial charge in [-0.15, -0.1) is 0 Å². The summed E-state index contributed by atoms with van der Waals surface area (Å²) in [5.41, 5.74) is 3.23. The van der Waals surface area contributed by atoms with Gasteiger partial charge in [0.1, 0.15) is 0 Å². The molecular formula is C16H16N2O3. The Bertz CT molecular complexity index is 675. The summed E-state index contributed by atoms with van der Waals surface area (Å²) in [6, 6.07) is 11.4. The number of amides is 2. The van der Waals surface area contributed by atoms with Gasteiger partial charge in [0, 0.05) is 11.4 Å². The van der Waals surface area contributed by atoms with E-state index < -0.39 is 12.0 Å². The van der Waals surface area contributed by atoms with Gasteiger partial charge in [0.15, 0.2) is 0 Å². The van der Waals surface area contributed by atoms with Gasteiger partial charge in [-0.05, 0) is 43.2 Å². The Morgan fingerprint density at radius 1 is 0.952 bits per heavy atom. The van der Waals surface area contributed by atoms with Crippen molar-refractivity contribution in [1.29, 1.82) is 0 Å². The van der Waals surface area contributed by atoms with Crippen LogP contribution in [0.1, 0.15) is 21.5 Å². The molecule has 0 fully saturated rings. The third kappa shape index (κ3) is 3.60. The Morgan fingerprint density at radius 2 is 1.57 bits per heavy atom. The molecule has 5 heteroatoms. The summed E-state index contributed by atoms with van der Waals surface area (Å²) >= 11 is 0. The van der Waals surface area contributed by atoms with Crippen LogP contribution in [0.15, 0.2) is 42.5 Å². The molecule has 0 aliphatic heterocycles. The summed E-state index contributed by atoms with van der Waals surface area (Å²) in [5, 5.41) is 14.3. The largest absolute Gasteiger partial charge is 0.478 e. The lowest BCUT2D eigenvalue weighted by atomic mass is 10.1. The zero-order valence-electron chi connectivity index (χ0n) is 11.8. The lowest BCUT2D eigenvalue weighted by Gasteiger charge is -2.12. The molecule has 0 heterocycles. The smallest absolute Gasteiger partial charge is 0.335 e. The quantitative estimate of drug-likeness (QED) is 0.805. The number of anilines is 2. The van der Waals surface area contributed by atoms with Gasteiger partial charge in [0.05, 0.1) is 5.56 Å². The zero-order chi connectivity index (χ0) is 15.4. The van der Waals surface area contributed by atoms with Gasteiger partial charge in [0.25, 0.3) is 0 Å². The highest BCUT2D eigenvalue weighted by atomic mass is 16.4. The first-order valence-electron chi connectivity index (χ1n) is 6.45. The Hall–Kier alpha value is -2.82. The molecule has 2 rings (SSSR count). The van der Waals surface area contributed by atoms with E-state index in [0.717, 1.165) is 16.8 Å². The first kappa shape index (κ1) is 14.6. The van der Waals surface area contributed by atoms with E-state index in [1.54, 1.807) is 12.1 Å². The molecule has 2 aromatic rings. The molecule has 108 valence electrons. The molecule has 0 aliphatic rings. The molecular weight excluding hydrogens is 268 g/mol. The number of aromatic carboxylic acids is 1. The van der Waals surface area contributed by atoms with E-state index in [0.29, 0.717) is 5.69 Å². The van der Waals surface area contributed by atoms with Crippen molar-refractivity contribution in [3.05, 3.63) is 59.2 Å². The van der Waals surface area contributed by atoms with Crippen LogP contribution in [0.25, 0.3) is 0 Å². The Labute approximate surface area is 122 Å². The second-order valence-corrected chi connectivity index (χ2v) is 4.73. The highest BCUT2D eigenvalue weighted by Crippen LogP contribution is 2.20. The summed E-state index contributed by atoms with van der Waals surface area (Å²) in [6.07, 6.45) is 0. The summed E-state index contributed by atoms with van der Waals surface area (Å²) in [4.78, 5) is 22.9. The number of carbonyl (C=O) groups is 2. The third-order valence-electron chi connectivity index (χ3n) is 3.09. The standard InChI is InChI=1S/C16H16N2O3/c1-10-5-3-6-11(2)14(10)18-16(21)17-13-8-4-7-12(9-13)15(19)20/h3-9H,1-2H3,(H,19,20)(H2,17,18,21). The summed E-state index contributed by atoms with van der Waals surface area (Å²) in [7, 11) is 0. The topological polar surface area (TPSA) is 78.4 Å². The molecule has 0 aromatic heterocycles. The minimum atomic E-state index is -1.03. The minimum Gasteiger partial charge on any atom is -0.478 e. The maximum absolute atomic E-state index is 12.0. The summed E-state index contributed by atoms with van der Waals surface area (Å²) in [6.45, 7) is 3.82. The number of benzene rings is 2. The van der Waals surface area contributed by atoms with Crippen LogP contribution in [-0.4, -0.2) is 17.1 Å². The van der Waals surface area contributed by atoms with E-state index in [1.165, 1.54) is 12.1 Å². The monoisotopic (exact) mass is 284 g/mol. The second kappa shape index (κ2) is 6.09. The maximum atomic E-state index is 12.0. The average molecular weight is 284 g/mol. The van der Waals surface area contributed by atoms with Crippen molar-refractivity contribution >= 4 is 23.4 Å². The van der Waals surface area contributed by atoms with Gasteiger partial charge in [-0.1, -0.05) is 24.3 Å². The maximum Gasteiger partial charge on any atom is 0.335 e. The van der Waals surface area contributed by atoms with Crippen molar-refractivity contribution < 1.29 is 14.7 Å². The predicted molar refractivity (Wildman–Crippen MR) is 82.0 cm³/mol. The number of hydrogen-bond acceptors (Lipinski definition) is 2. The lowest BCUT2D eigenvalue weighted by Crippen LogP contribution is -2.20. The fourth-order valence-electron chi connectivity index (χ4n) is 2.02. The van der Waals surface area contributed by atoms with Crippen LogP contribution in [-0.2, 0) is 0 Å². The number of carbonyl (C=O) groups excluding carboxylic acids is 1. The number of nitrogens with one attached hydrogen (secondary N) is 2. The average Bonchev–Trinajstić information content (AvgIpc) is 2.43. The number of carboxylic acid groups (broad SMARTS) is 1. The summed E-state index contributed by atoms with van der Waals surface area (Å²) in [5.74, 6) is -1.03. The van der Waals surface area contributed by atoms with Gasteiger partial charge in [0.2, 0.25) is 0 Å². The van der Waals surface area contributed by atoms with E-state index in [-0.39, 0.29) is 5.56 Å². The summed E-state index contributed by atoms with van der Waals surface area (Å²) < 4.78 is 0. The van der Waals surface area contributed by atoms with E-state index in [4.69, 9.17) is 5.11 Å². The molecule has 3 N–H and O–H groups in total. The molecule has 0 radical (unpaired) electrons. The lowest BCUT2D eigenvalue weighted by molar-refractivity contribution is 0.0697. The molecule has 5 nitrogen and oxygen atoms in total. The minimum absolute atomic E-state index is 0.125. The molecule has 0 saturated heterocycles. The van der Waals surface area contributed by atoms with Crippen molar-refractivity contribution in [2.45, 2.75) is 13.8 Å². The second-order valence-electron chi connectivity index (χ2n) is 4.73. The van der Waals surface area contributed by atoms with Crippen LogP contribution in [0, 0.1) is 13.8 Å². The predicted octanol–water partition coefficient (Wildman–Crippen LogP) is 3.65. The third-order valence-corrected chi connectivity index (χ3v) is 3.09. The van der Waals surface area contributed by atoms with Crippen molar-refractivity contribution in [1.82, 2.24) is 0 Å². The van der Waals surface area contributed by atoms with Gasteiger partial charge in [-0.3, -0.25) is 0 Å². The van der Waals surface area contributed by atoms with Crippen LogP contribution in [0.5, 0.6) is 0 Å². The number of aryl methyl sites for hydroxylation is 2. The van der Waals surface area contributed by atoms with Gasteiger partial charge >= 0.3 is 12.0 Å². The normalized spacial score (nSPS) is 10.0. The van der Waals surface area contributed by atoms with Gasteiger partial charge in [-0.2, -0.15) is 0 Å². The Morgan fingerprint density at radius 3 is 2.19 bits per heavy atom. The van der Waals surface area contributed by atoms with Crippen molar-refractivity contribution in [3.8, 4) is 0 Å². The van der Waals surface area contributed by atoms with Crippen molar-refractivity contribution in [2.24, 2.45) is 0 Å². The first-order chi connectivity index (χ1) is 9.97. The van der Waals surface area contributed by atoms with E-state index in [2.05, 4.69) is 10.6 Å². The molecule has 0 aliphatic carbocycles. The molecule has 0 bridgehead atoms. The van der Waals surface area contributed by atoms with Gasteiger partial charge < -0.3 is 15.7 Å². The van der Waals surface area contributed by atoms with Crippen LogP contribution in [0.2, 0.25) is 0 Å². The van der Waals surface area contributed by atoms with Crippen molar-refractivity contribution in [3.63, 3.8) is 0 Å². The van der Waals surface area contributed by atoms with E-state index in [1.807, 2.05) is 32.0 Å². The van der Waals surface area contributed by atoms with Crippen LogP contribution >= 0.6 is 0 Å². The number of para-hydroxylation sites is 1. The van der Waals surface area contributed by atoms with E-state index in [9.17, 15) is 9.59 Å². The molecule has 2 aromatic carbocycles. The molecule has 0 spiro atoms. The van der Waals surface area contributed by atoms with Crippen LogP contribution < -0.4 is 10.6 Å². The van der Waals surface area contributed by atoms with Crippen LogP contribution in [0.3, 0.4) is 0 Å². The molecule has 0 unspecified atom stereocenters. The fourth-order valence-corrected chi connectivity index (χ4v) is 2.02. The number of carboxylic acids is 1. The van der Waals surface area contributed by atoms with Gasteiger partial charge in [-0.25, -0.2) is 9.59 Å². The number of hydrogen-bond donors (Lipinski definition) is 3. The first-order valence-corrected chi connectivity index (χ1v) is 6.45. The molecule has 0 atom stereocenters. The number of rotatable bonds is 3. The Balaban J connectivity index is 2.12. The molecule has 21 heavy (non-hydrogen) atoms. The van der Waals surface area contributed by atoms with E-state index >= 15 is 0 Å². The molecule has 2 amide bonds. The Kier molecular flexibility index (Phi) is 4.23. The fraction of sp³-hybridized carbons (Fsp3) is 0.125. The number of urea groups is 1.